The molecule has 0 aromatic rings. The summed E-state index contributed by atoms with van der Waals surface area (Å²) < 4.78 is 26.3. The first-order chi connectivity index (χ1) is 11.6. The van der Waals surface area contributed by atoms with Gasteiger partial charge in [-0.15, -0.1) is 0 Å². The van der Waals surface area contributed by atoms with Crippen molar-refractivity contribution in [3.05, 3.63) is 6.92 Å². The number of carbonyl (C=O) groups excluding carboxylic acids is 4. The highest BCUT2D eigenvalue weighted by Crippen LogP contribution is 2.30. The van der Waals surface area contributed by atoms with Crippen molar-refractivity contribution >= 4 is 23.9 Å². The predicted octanol–water partition coefficient (Wildman–Crippen LogP) is 0.336. The van der Waals surface area contributed by atoms with Crippen LogP contribution in [0.2, 0.25) is 0 Å². The molecule has 0 N–H and O–H groups in total. The van der Waals surface area contributed by atoms with Crippen molar-refractivity contribution in [2.45, 2.75) is 64.6 Å². The van der Waals surface area contributed by atoms with Crippen molar-refractivity contribution in [1.29, 1.82) is 0 Å². The summed E-state index contributed by atoms with van der Waals surface area (Å²) in [4.78, 5) is 45.5. The number of rotatable bonds is 6. The minimum absolute atomic E-state index is 0.180. The molecule has 0 aliphatic carbocycles. The molecule has 0 unspecified atom stereocenters. The first-order valence-electron chi connectivity index (χ1n) is 7.75. The van der Waals surface area contributed by atoms with Gasteiger partial charge in [-0.05, 0) is 6.42 Å². The Morgan fingerprint density at radius 1 is 0.760 bits per heavy atom. The topological polar surface area (TPSA) is 114 Å². The van der Waals surface area contributed by atoms with Crippen LogP contribution in [0.25, 0.3) is 0 Å². The fourth-order valence-electron chi connectivity index (χ4n) is 2.55. The van der Waals surface area contributed by atoms with Crippen LogP contribution in [-0.4, -0.2) is 61.0 Å². The third-order valence-electron chi connectivity index (χ3n) is 3.37. The van der Waals surface area contributed by atoms with Gasteiger partial charge in [0.1, 0.15) is 12.7 Å². The van der Waals surface area contributed by atoms with Crippen LogP contribution in [0.15, 0.2) is 0 Å². The maximum atomic E-state index is 11.5. The number of ether oxygens (including phenoxy) is 5. The fourth-order valence-corrected chi connectivity index (χ4v) is 2.55. The molecule has 25 heavy (non-hydrogen) atoms. The van der Waals surface area contributed by atoms with Crippen molar-refractivity contribution in [2.75, 3.05) is 6.61 Å². The van der Waals surface area contributed by atoms with Crippen molar-refractivity contribution in [1.82, 2.24) is 0 Å². The van der Waals surface area contributed by atoms with Crippen LogP contribution in [0.3, 0.4) is 0 Å². The van der Waals surface area contributed by atoms with E-state index < -0.39 is 54.4 Å². The zero-order chi connectivity index (χ0) is 19.1. The summed E-state index contributed by atoms with van der Waals surface area (Å²) in [6, 6.07) is 0. The fraction of sp³-hybridized carbons (Fsp3) is 0.688. The van der Waals surface area contributed by atoms with E-state index in [2.05, 4.69) is 6.92 Å². The van der Waals surface area contributed by atoms with Gasteiger partial charge in [0, 0.05) is 27.7 Å². The molecular formula is C16H23O9. The first kappa shape index (κ1) is 20.9. The molecule has 0 amide bonds. The summed E-state index contributed by atoms with van der Waals surface area (Å²) in [5, 5.41) is 0. The smallest absolute Gasteiger partial charge is 0.303 e. The summed E-state index contributed by atoms with van der Waals surface area (Å²) in [5.41, 5.74) is 0. The van der Waals surface area contributed by atoms with Crippen molar-refractivity contribution in [2.24, 2.45) is 0 Å². The zero-order valence-corrected chi connectivity index (χ0v) is 14.7. The van der Waals surface area contributed by atoms with Gasteiger partial charge in [-0.2, -0.15) is 0 Å². The van der Waals surface area contributed by atoms with Crippen LogP contribution in [0.4, 0.5) is 0 Å². The molecule has 1 radical (unpaired) electrons. The quantitative estimate of drug-likeness (QED) is 0.489. The van der Waals surface area contributed by atoms with Crippen molar-refractivity contribution in [3.63, 3.8) is 0 Å². The molecule has 1 heterocycles. The molecule has 1 rings (SSSR count). The van der Waals surface area contributed by atoms with E-state index in [1.807, 2.05) is 0 Å². The monoisotopic (exact) mass is 359 g/mol. The van der Waals surface area contributed by atoms with E-state index >= 15 is 0 Å². The third-order valence-corrected chi connectivity index (χ3v) is 3.37. The van der Waals surface area contributed by atoms with E-state index in [0.717, 1.165) is 0 Å². The molecule has 141 valence electrons. The molecule has 0 aromatic heterocycles. The molecule has 0 spiro atoms. The van der Waals surface area contributed by atoms with Crippen molar-refractivity contribution in [3.8, 4) is 0 Å². The van der Waals surface area contributed by atoms with Crippen LogP contribution in [0.5, 0.6) is 0 Å². The summed E-state index contributed by atoms with van der Waals surface area (Å²) in [5.74, 6) is -2.49. The molecule has 1 aliphatic heterocycles. The Hall–Kier alpha value is -2.16. The second-order valence-corrected chi connectivity index (χ2v) is 5.53. The summed E-state index contributed by atoms with van der Waals surface area (Å²) in [6.45, 7) is 8.24. The molecule has 0 aromatic carbocycles. The van der Waals surface area contributed by atoms with Gasteiger partial charge in [-0.1, -0.05) is 6.92 Å². The van der Waals surface area contributed by atoms with Gasteiger partial charge in [0.2, 0.25) is 0 Å². The Morgan fingerprint density at radius 3 is 1.60 bits per heavy atom. The average Bonchev–Trinajstić information content (AvgIpc) is 2.48. The Morgan fingerprint density at radius 2 is 1.20 bits per heavy atom. The lowest BCUT2D eigenvalue weighted by atomic mass is 9.93. The third kappa shape index (κ3) is 6.33. The first-order valence-corrected chi connectivity index (χ1v) is 7.75. The molecule has 1 saturated heterocycles. The lowest BCUT2D eigenvalue weighted by molar-refractivity contribution is -0.251. The van der Waals surface area contributed by atoms with Crippen LogP contribution in [0.1, 0.15) is 34.1 Å². The standard InChI is InChI=1S/C16H23O9/c1-6-12-14(22-9(3)18)16(24-11(5)20)15(23-10(4)19)13(25-12)7-21-8(2)17/h12-16H,1,6-7H2,2-5H3/t12-,13+,14+,15+,16+/m0/s1. The zero-order valence-electron chi connectivity index (χ0n) is 14.7. The summed E-state index contributed by atoms with van der Waals surface area (Å²) >= 11 is 0. The van der Waals surface area contributed by atoms with E-state index in [-0.39, 0.29) is 13.0 Å². The SMILES string of the molecule is [CH2]C[C@@H]1O[C@H](COC(C)=O)[C@@H](OC(C)=O)[C@H](OC(C)=O)[C@@H]1OC(C)=O. The number of hydrogen-bond donors (Lipinski definition) is 0. The van der Waals surface area contributed by atoms with Gasteiger partial charge >= 0.3 is 23.9 Å². The van der Waals surface area contributed by atoms with E-state index in [1.54, 1.807) is 0 Å². The normalized spacial score (nSPS) is 28.6. The number of hydrogen-bond acceptors (Lipinski definition) is 9. The lowest BCUT2D eigenvalue weighted by Gasteiger charge is -2.44. The Balaban J connectivity index is 3.18. The molecule has 1 aliphatic rings. The number of esters is 4. The molecule has 0 saturated carbocycles. The minimum Gasteiger partial charge on any atom is -0.463 e. The van der Waals surface area contributed by atoms with E-state index in [1.165, 1.54) is 27.7 Å². The van der Waals surface area contributed by atoms with Gasteiger partial charge in [-0.25, -0.2) is 0 Å². The molecule has 5 atom stereocenters. The lowest BCUT2D eigenvalue weighted by Crippen LogP contribution is -2.62. The van der Waals surface area contributed by atoms with Gasteiger partial charge < -0.3 is 23.7 Å². The largest absolute Gasteiger partial charge is 0.463 e. The van der Waals surface area contributed by atoms with Gasteiger partial charge in [-0.3, -0.25) is 19.2 Å². The van der Waals surface area contributed by atoms with E-state index in [9.17, 15) is 19.2 Å². The highest BCUT2D eigenvalue weighted by molar-refractivity contribution is 5.68. The van der Waals surface area contributed by atoms with Crippen LogP contribution < -0.4 is 0 Å². The second-order valence-electron chi connectivity index (χ2n) is 5.53. The minimum atomic E-state index is -1.12. The predicted molar refractivity (Wildman–Crippen MR) is 81.9 cm³/mol. The van der Waals surface area contributed by atoms with Crippen LogP contribution in [-0.2, 0) is 42.9 Å². The Labute approximate surface area is 145 Å². The maximum Gasteiger partial charge on any atom is 0.303 e. The number of carbonyl (C=O) groups is 4. The maximum absolute atomic E-state index is 11.5. The second kappa shape index (κ2) is 9.36. The summed E-state index contributed by atoms with van der Waals surface area (Å²) in [7, 11) is 0. The molecule has 9 nitrogen and oxygen atoms in total. The highest BCUT2D eigenvalue weighted by atomic mass is 16.7. The molecule has 0 bridgehead atoms. The Kier molecular flexibility index (Phi) is 7.82. The Bertz CT molecular complexity index is 516. The van der Waals surface area contributed by atoms with Crippen LogP contribution in [0, 0.1) is 6.92 Å². The average molecular weight is 359 g/mol. The summed E-state index contributed by atoms with van der Waals surface area (Å²) in [6.07, 6.45) is -4.72. The molecular weight excluding hydrogens is 336 g/mol. The van der Waals surface area contributed by atoms with E-state index in [0.29, 0.717) is 0 Å². The van der Waals surface area contributed by atoms with Crippen molar-refractivity contribution < 1.29 is 42.9 Å². The highest BCUT2D eigenvalue weighted by Gasteiger charge is 2.51. The molecule has 1 fully saturated rings. The van der Waals surface area contributed by atoms with Crippen LogP contribution >= 0.6 is 0 Å². The van der Waals surface area contributed by atoms with Gasteiger partial charge in [0.25, 0.3) is 0 Å². The van der Waals surface area contributed by atoms with E-state index in [4.69, 9.17) is 23.7 Å². The molecule has 9 heteroatoms. The van der Waals surface area contributed by atoms with Gasteiger partial charge in [0.05, 0.1) is 6.10 Å². The van der Waals surface area contributed by atoms with Gasteiger partial charge in [0.15, 0.2) is 18.3 Å².